The Morgan fingerprint density at radius 2 is 1.83 bits per heavy atom. The molecule has 1 N–H and O–H groups in total. The zero-order valence-corrected chi connectivity index (χ0v) is 22.4. The van der Waals surface area contributed by atoms with E-state index in [-0.39, 0.29) is 29.9 Å². The molecule has 3 aromatic carbocycles. The number of benzene rings is 3. The predicted octanol–water partition coefficient (Wildman–Crippen LogP) is 6.17. The van der Waals surface area contributed by atoms with Crippen molar-refractivity contribution in [2.75, 3.05) is 0 Å². The summed E-state index contributed by atoms with van der Waals surface area (Å²) in [6.45, 7) is -2.60. The van der Waals surface area contributed by atoms with Gasteiger partial charge in [0, 0.05) is 12.0 Å². The van der Waals surface area contributed by atoms with Crippen LogP contribution in [0.3, 0.4) is 0 Å². The maximum Gasteiger partial charge on any atom is 0.387 e. The Kier molecular flexibility index (Phi) is 7.66. The third-order valence-corrected chi connectivity index (χ3v) is 7.00. The number of aromatic amines is 1. The van der Waals surface area contributed by atoms with Gasteiger partial charge in [0.15, 0.2) is 11.5 Å². The molecule has 0 aliphatic heterocycles. The van der Waals surface area contributed by atoms with E-state index in [9.17, 15) is 18.8 Å². The molecular weight excluding hydrogens is 542 g/mol. The summed E-state index contributed by atoms with van der Waals surface area (Å²) in [6, 6.07) is 23.8. The van der Waals surface area contributed by atoms with Crippen LogP contribution in [0.1, 0.15) is 35.1 Å². The molecule has 8 nitrogen and oxygen atoms in total. The van der Waals surface area contributed by atoms with E-state index < -0.39 is 6.61 Å². The first-order chi connectivity index (χ1) is 20.5. The first-order valence-corrected chi connectivity index (χ1v) is 13.5. The minimum Gasteiger partial charge on any atom is -0.487 e. The van der Waals surface area contributed by atoms with E-state index in [0.29, 0.717) is 46.3 Å². The van der Waals surface area contributed by atoms with Gasteiger partial charge >= 0.3 is 6.61 Å². The second kappa shape index (κ2) is 11.8. The standard InChI is InChI=1S/C32H26F2N4O4/c33-32(34)42-27-12-9-23(15-28(27)41-24-10-11-24)30-25(14-21-7-4-8-22(13-21)16-35)29-26(17-36-37-31(29)39)38(30)19-40-18-20-5-2-1-3-6-20/h1-9,12-13,15,17,24,32H,10-11,14,18-19H2,(H,37,39). The SMILES string of the molecule is N#Cc1cccc(Cc2c(-c3ccc(OC(F)F)c(OC4CC4)c3)n(COCc3ccccc3)c3cn[nH]c(=O)c23)c1. The van der Waals surface area contributed by atoms with Crippen LogP contribution in [0.5, 0.6) is 11.5 Å². The van der Waals surface area contributed by atoms with E-state index in [2.05, 4.69) is 16.3 Å². The molecule has 0 unspecified atom stereocenters. The third kappa shape index (κ3) is 5.87. The average Bonchev–Trinajstić information content (AvgIpc) is 3.76. The summed E-state index contributed by atoms with van der Waals surface area (Å²) in [4.78, 5) is 13.2. The van der Waals surface area contributed by atoms with Gasteiger partial charge in [0.25, 0.3) is 5.56 Å². The zero-order chi connectivity index (χ0) is 29.1. The van der Waals surface area contributed by atoms with E-state index in [0.717, 1.165) is 24.0 Å². The van der Waals surface area contributed by atoms with Crippen molar-refractivity contribution in [1.82, 2.24) is 14.8 Å². The van der Waals surface area contributed by atoms with Crippen molar-refractivity contribution in [3.8, 4) is 28.8 Å². The number of halogens is 2. The molecule has 2 aromatic heterocycles. The Bertz CT molecular complexity index is 1820. The number of nitrogens with one attached hydrogen (secondary N) is 1. The van der Waals surface area contributed by atoms with Crippen LogP contribution in [-0.2, 0) is 24.5 Å². The Morgan fingerprint density at radius 1 is 1.02 bits per heavy atom. The lowest BCUT2D eigenvalue weighted by Crippen LogP contribution is -2.09. The monoisotopic (exact) mass is 568 g/mol. The van der Waals surface area contributed by atoms with E-state index >= 15 is 0 Å². The van der Waals surface area contributed by atoms with Crippen molar-refractivity contribution in [3.05, 3.63) is 112 Å². The van der Waals surface area contributed by atoms with Gasteiger partial charge in [-0.15, -0.1) is 0 Å². The van der Waals surface area contributed by atoms with Crippen molar-refractivity contribution < 1.29 is 23.0 Å². The van der Waals surface area contributed by atoms with Gasteiger partial charge < -0.3 is 18.8 Å². The van der Waals surface area contributed by atoms with Crippen LogP contribution in [0.25, 0.3) is 22.2 Å². The first kappa shape index (κ1) is 27.2. The first-order valence-electron chi connectivity index (χ1n) is 13.5. The van der Waals surface area contributed by atoms with Gasteiger partial charge in [0.1, 0.15) is 6.73 Å². The minimum atomic E-state index is -3.01. The zero-order valence-electron chi connectivity index (χ0n) is 22.4. The van der Waals surface area contributed by atoms with Gasteiger partial charge in [-0.2, -0.15) is 19.1 Å². The van der Waals surface area contributed by atoms with E-state index in [1.165, 1.54) is 6.07 Å². The summed E-state index contributed by atoms with van der Waals surface area (Å²) >= 11 is 0. The molecule has 0 saturated heterocycles. The van der Waals surface area contributed by atoms with Crippen molar-refractivity contribution >= 4 is 10.9 Å². The Labute approximate surface area is 239 Å². The van der Waals surface area contributed by atoms with Crippen molar-refractivity contribution in [2.45, 2.75) is 45.3 Å². The molecule has 1 saturated carbocycles. The molecule has 212 valence electrons. The highest BCUT2D eigenvalue weighted by atomic mass is 19.3. The van der Waals surface area contributed by atoms with E-state index in [4.69, 9.17) is 14.2 Å². The average molecular weight is 569 g/mol. The molecule has 0 bridgehead atoms. The quantitative estimate of drug-likeness (QED) is 0.204. The Hall–Kier alpha value is -5.01. The summed E-state index contributed by atoms with van der Waals surface area (Å²) < 4.78 is 45.1. The minimum absolute atomic E-state index is 0.0635. The maximum absolute atomic E-state index is 13.2. The topological polar surface area (TPSA) is 102 Å². The summed E-state index contributed by atoms with van der Waals surface area (Å²) in [5.74, 6) is 0.133. The second-order valence-corrected chi connectivity index (χ2v) is 10.0. The number of hydrogen-bond donors (Lipinski definition) is 1. The van der Waals surface area contributed by atoms with Crippen LogP contribution in [0.4, 0.5) is 8.78 Å². The number of aromatic nitrogens is 3. The third-order valence-electron chi connectivity index (χ3n) is 7.00. The highest BCUT2D eigenvalue weighted by Crippen LogP contribution is 2.41. The van der Waals surface area contributed by atoms with Gasteiger partial charge in [-0.05, 0) is 59.9 Å². The normalized spacial score (nSPS) is 12.9. The molecule has 0 atom stereocenters. The van der Waals surface area contributed by atoms with Crippen molar-refractivity contribution in [1.29, 1.82) is 5.26 Å². The lowest BCUT2D eigenvalue weighted by Gasteiger charge is -2.17. The molecule has 1 aliphatic rings. The number of nitrogens with zero attached hydrogens (tertiary/aromatic N) is 3. The lowest BCUT2D eigenvalue weighted by molar-refractivity contribution is -0.0516. The summed E-state index contributed by atoms with van der Waals surface area (Å²) in [6.07, 6.45) is 3.47. The lowest BCUT2D eigenvalue weighted by atomic mass is 9.98. The van der Waals surface area contributed by atoms with Crippen LogP contribution in [0.15, 0.2) is 83.8 Å². The maximum atomic E-state index is 13.2. The summed E-state index contributed by atoms with van der Waals surface area (Å²) in [7, 11) is 0. The van der Waals surface area contributed by atoms with Gasteiger partial charge in [0.05, 0.1) is 47.1 Å². The Balaban J connectivity index is 1.51. The number of nitriles is 1. The molecule has 0 radical (unpaired) electrons. The smallest absolute Gasteiger partial charge is 0.387 e. The fourth-order valence-electron chi connectivity index (χ4n) is 5.01. The second-order valence-electron chi connectivity index (χ2n) is 10.0. The highest BCUT2D eigenvalue weighted by Gasteiger charge is 2.27. The molecule has 6 rings (SSSR count). The molecule has 0 amide bonds. The molecule has 0 spiro atoms. The number of ether oxygens (including phenoxy) is 3. The fourth-order valence-corrected chi connectivity index (χ4v) is 5.01. The molecule has 1 aliphatic carbocycles. The van der Waals surface area contributed by atoms with Crippen LogP contribution in [0.2, 0.25) is 0 Å². The predicted molar refractivity (Wildman–Crippen MR) is 151 cm³/mol. The molecule has 2 heterocycles. The van der Waals surface area contributed by atoms with Crippen LogP contribution in [0, 0.1) is 11.3 Å². The van der Waals surface area contributed by atoms with Crippen LogP contribution >= 0.6 is 0 Å². The van der Waals surface area contributed by atoms with Gasteiger partial charge in [0.2, 0.25) is 0 Å². The number of H-pyrrole nitrogens is 1. The Morgan fingerprint density at radius 3 is 2.60 bits per heavy atom. The van der Waals surface area contributed by atoms with Gasteiger partial charge in [-0.25, -0.2) is 5.10 Å². The van der Waals surface area contributed by atoms with E-state index in [1.807, 2.05) is 41.0 Å². The molecular formula is C32H26F2N4O4. The fraction of sp³-hybridized carbons (Fsp3) is 0.219. The summed E-state index contributed by atoms with van der Waals surface area (Å²) in [5, 5.41) is 16.5. The number of alkyl halides is 2. The van der Waals surface area contributed by atoms with Crippen molar-refractivity contribution in [3.63, 3.8) is 0 Å². The molecule has 42 heavy (non-hydrogen) atoms. The van der Waals surface area contributed by atoms with Gasteiger partial charge in [-0.3, -0.25) is 4.79 Å². The van der Waals surface area contributed by atoms with Crippen LogP contribution < -0.4 is 15.0 Å². The van der Waals surface area contributed by atoms with Crippen LogP contribution in [-0.4, -0.2) is 27.5 Å². The number of hydrogen-bond acceptors (Lipinski definition) is 6. The van der Waals surface area contributed by atoms with E-state index in [1.54, 1.807) is 36.5 Å². The number of rotatable bonds is 11. The molecule has 1 fully saturated rings. The largest absolute Gasteiger partial charge is 0.487 e. The number of fused-ring (bicyclic) bond motifs is 1. The molecule has 10 heteroatoms. The summed E-state index contributed by atoms with van der Waals surface area (Å²) in [5.41, 5.74) is 4.40. The highest BCUT2D eigenvalue weighted by molar-refractivity contribution is 5.91. The van der Waals surface area contributed by atoms with Gasteiger partial charge in [-0.1, -0.05) is 42.5 Å². The van der Waals surface area contributed by atoms with Crippen molar-refractivity contribution in [2.24, 2.45) is 0 Å². The molecule has 5 aromatic rings.